The van der Waals surface area contributed by atoms with Crippen molar-refractivity contribution >= 4 is 23.2 Å². The van der Waals surface area contributed by atoms with Crippen LogP contribution < -0.4 is 10.6 Å². The van der Waals surface area contributed by atoms with Gasteiger partial charge in [-0.25, -0.2) is 0 Å². The highest BCUT2D eigenvalue weighted by molar-refractivity contribution is 6.21. The molecule has 0 bridgehead atoms. The molecule has 1 aromatic carbocycles. The number of anilines is 2. The summed E-state index contributed by atoms with van der Waals surface area (Å²) in [6.45, 7) is 3.59. The number of carbonyl (C=O) groups excluding carboxylic acids is 1. The first-order chi connectivity index (χ1) is 12.7. The third kappa shape index (κ3) is 2.84. The second kappa shape index (κ2) is 6.64. The minimum absolute atomic E-state index is 0.132. The number of aryl methyl sites for hydroxylation is 1. The number of unbranched alkanes of at least 4 members (excludes halogenated alkanes) is 2. The zero-order valence-corrected chi connectivity index (χ0v) is 14.6. The molecule has 0 aliphatic carbocycles. The number of amides is 1. The summed E-state index contributed by atoms with van der Waals surface area (Å²) in [7, 11) is 0. The molecule has 7 nitrogen and oxygen atoms in total. The largest absolute Gasteiger partial charge is 0.326 e. The normalized spacial score (nSPS) is 17.6. The van der Waals surface area contributed by atoms with Crippen molar-refractivity contribution in [2.75, 3.05) is 10.6 Å². The fourth-order valence-electron chi connectivity index (χ4n) is 3.42. The summed E-state index contributed by atoms with van der Waals surface area (Å²) < 4.78 is 1.95. The standard InChI is InChI=1S/C19H20N6O/c1-2-3-4-7-25-11-13-10-21-18(23-17(13)24-25)16-14-6-5-12(9-20)8-15(14)22-19(16)26/h5-6,8,11,16H,2-4,7,10H2,1H3,(H,22,26)(H,21,23,24). The van der Waals surface area contributed by atoms with E-state index >= 15 is 0 Å². The molecule has 3 heterocycles. The predicted octanol–water partition coefficient (Wildman–Crippen LogP) is 3.00. The third-order valence-corrected chi connectivity index (χ3v) is 4.78. The van der Waals surface area contributed by atoms with Crippen LogP contribution in [0.5, 0.6) is 0 Å². The monoisotopic (exact) mass is 348 g/mol. The number of aliphatic imine (C=N–C) groups is 1. The molecule has 1 amide bonds. The Morgan fingerprint density at radius 2 is 2.23 bits per heavy atom. The molecule has 1 unspecified atom stereocenters. The summed E-state index contributed by atoms with van der Waals surface area (Å²) >= 11 is 0. The van der Waals surface area contributed by atoms with Crippen molar-refractivity contribution in [1.29, 1.82) is 5.26 Å². The molecule has 4 rings (SSSR count). The van der Waals surface area contributed by atoms with E-state index in [0.717, 1.165) is 29.9 Å². The molecule has 7 heteroatoms. The number of benzene rings is 1. The van der Waals surface area contributed by atoms with E-state index in [1.807, 2.05) is 16.9 Å². The summed E-state index contributed by atoms with van der Waals surface area (Å²) in [6.07, 6.45) is 5.49. The number of nitrogens with zero attached hydrogens (tertiary/aromatic N) is 4. The van der Waals surface area contributed by atoms with Crippen molar-refractivity contribution in [3.8, 4) is 6.07 Å². The van der Waals surface area contributed by atoms with Gasteiger partial charge in [-0.2, -0.15) is 10.4 Å². The number of hydrogen-bond donors (Lipinski definition) is 2. The van der Waals surface area contributed by atoms with Crippen LogP contribution in [0.15, 0.2) is 29.4 Å². The maximum Gasteiger partial charge on any atom is 0.239 e. The lowest BCUT2D eigenvalue weighted by Gasteiger charge is -2.18. The van der Waals surface area contributed by atoms with Gasteiger partial charge in [0.05, 0.1) is 18.2 Å². The molecule has 0 saturated heterocycles. The molecular formula is C19H20N6O. The van der Waals surface area contributed by atoms with Crippen LogP contribution in [0, 0.1) is 11.3 Å². The van der Waals surface area contributed by atoms with Crippen LogP contribution in [0.4, 0.5) is 11.5 Å². The Morgan fingerprint density at radius 3 is 3.04 bits per heavy atom. The van der Waals surface area contributed by atoms with E-state index in [-0.39, 0.29) is 5.91 Å². The molecule has 2 aromatic rings. The van der Waals surface area contributed by atoms with Crippen LogP contribution in [-0.4, -0.2) is 21.5 Å². The van der Waals surface area contributed by atoms with Gasteiger partial charge in [0.2, 0.25) is 5.91 Å². The first-order valence-corrected chi connectivity index (χ1v) is 8.92. The van der Waals surface area contributed by atoms with E-state index in [9.17, 15) is 4.79 Å². The van der Waals surface area contributed by atoms with Crippen LogP contribution in [0.1, 0.15) is 48.8 Å². The SMILES string of the molecule is CCCCCn1cc2c(n1)NC(C1C(=O)Nc3cc(C#N)ccc31)=NC2. The first kappa shape index (κ1) is 16.3. The highest BCUT2D eigenvalue weighted by Gasteiger charge is 2.36. The predicted molar refractivity (Wildman–Crippen MR) is 99.0 cm³/mol. The lowest BCUT2D eigenvalue weighted by molar-refractivity contribution is -0.115. The van der Waals surface area contributed by atoms with Gasteiger partial charge in [-0.15, -0.1) is 0 Å². The maximum absolute atomic E-state index is 12.5. The van der Waals surface area contributed by atoms with Crippen molar-refractivity contribution < 1.29 is 4.79 Å². The number of nitrogens with one attached hydrogen (secondary N) is 2. The van der Waals surface area contributed by atoms with E-state index in [4.69, 9.17) is 5.26 Å². The number of rotatable bonds is 5. The van der Waals surface area contributed by atoms with Crippen molar-refractivity contribution in [3.05, 3.63) is 41.1 Å². The van der Waals surface area contributed by atoms with Gasteiger partial charge >= 0.3 is 0 Å². The van der Waals surface area contributed by atoms with Crippen molar-refractivity contribution in [2.24, 2.45) is 4.99 Å². The second-order valence-corrected chi connectivity index (χ2v) is 6.64. The van der Waals surface area contributed by atoms with Crippen LogP contribution in [0.3, 0.4) is 0 Å². The number of nitriles is 1. The fourth-order valence-corrected chi connectivity index (χ4v) is 3.42. The molecule has 1 atom stereocenters. The lowest BCUT2D eigenvalue weighted by Crippen LogP contribution is -2.29. The van der Waals surface area contributed by atoms with Crippen molar-refractivity contribution in [3.63, 3.8) is 0 Å². The number of carbonyl (C=O) groups is 1. The molecule has 132 valence electrons. The highest BCUT2D eigenvalue weighted by Crippen LogP contribution is 2.35. The highest BCUT2D eigenvalue weighted by atomic mass is 16.2. The Labute approximate surface area is 151 Å². The van der Waals surface area contributed by atoms with E-state index in [1.54, 1.807) is 12.1 Å². The average molecular weight is 348 g/mol. The summed E-state index contributed by atoms with van der Waals surface area (Å²) in [5.74, 6) is 0.766. The van der Waals surface area contributed by atoms with Gasteiger partial charge in [0, 0.05) is 24.0 Å². The van der Waals surface area contributed by atoms with E-state index < -0.39 is 5.92 Å². The zero-order chi connectivity index (χ0) is 18.1. The number of amidine groups is 1. The van der Waals surface area contributed by atoms with Crippen molar-refractivity contribution in [2.45, 2.75) is 45.2 Å². The number of aromatic nitrogens is 2. The maximum atomic E-state index is 12.5. The van der Waals surface area contributed by atoms with Gasteiger partial charge < -0.3 is 10.6 Å². The molecule has 26 heavy (non-hydrogen) atoms. The molecular weight excluding hydrogens is 328 g/mol. The molecule has 2 N–H and O–H groups in total. The molecule has 0 radical (unpaired) electrons. The quantitative estimate of drug-likeness (QED) is 0.812. The smallest absolute Gasteiger partial charge is 0.239 e. The summed E-state index contributed by atoms with van der Waals surface area (Å²) in [5.41, 5.74) is 3.09. The van der Waals surface area contributed by atoms with Crippen LogP contribution >= 0.6 is 0 Å². The fraction of sp³-hybridized carbons (Fsp3) is 0.368. The van der Waals surface area contributed by atoms with Gasteiger partial charge in [0.15, 0.2) is 5.82 Å². The van der Waals surface area contributed by atoms with Crippen LogP contribution in [0.2, 0.25) is 0 Å². The molecule has 0 fully saturated rings. The second-order valence-electron chi connectivity index (χ2n) is 6.64. The lowest BCUT2D eigenvalue weighted by atomic mass is 9.97. The van der Waals surface area contributed by atoms with Gasteiger partial charge in [0.25, 0.3) is 0 Å². The molecule has 0 spiro atoms. The Balaban J connectivity index is 1.55. The third-order valence-electron chi connectivity index (χ3n) is 4.78. The molecule has 2 aliphatic heterocycles. The number of hydrogen-bond acceptors (Lipinski definition) is 5. The minimum Gasteiger partial charge on any atom is -0.326 e. The Hall–Kier alpha value is -3.14. The molecule has 2 aliphatic rings. The van der Waals surface area contributed by atoms with E-state index in [0.29, 0.717) is 23.6 Å². The van der Waals surface area contributed by atoms with Crippen LogP contribution in [0.25, 0.3) is 0 Å². The molecule has 1 aromatic heterocycles. The summed E-state index contributed by atoms with van der Waals surface area (Å²) in [6, 6.07) is 7.34. The van der Waals surface area contributed by atoms with Gasteiger partial charge in [-0.05, 0) is 24.1 Å². The van der Waals surface area contributed by atoms with E-state index in [1.165, 1.54) is 12.8 Å². The van der Waals surface area contributed by atoms with Gasteiger partial charge in [-0.1, -0.05) is 25.8 Å². The van der Waals surface area contributed by atoms with Gasteiger partial charge in [0.1, 0.15) is 11.8 Å². The topological polar surface area (TPSA) is 95.1 Å². The average Bonchev–Trinajstić information content (AvgIpc) is 3.19. The minimum atomic E-state index is -0.490. The number of fused-ring (bicyclic) bond motifs is 2. The summed E-state index contributed by atoms with van der Waals surface area (Å²) in [4.78, 5) is 17.1. The Bertz CT molecular complexity index is 936. The van der Waals surface area contributed by atoms with Gasteiger partial charge in [-0.3, -0.25) is 14.5 Å². The Morgan fingerprint density at radius 1 is 1.35 bits per heavy atom. The van der Waals surface area contributed by atoms with E-state index in [2.05, 4.69) is 33.7 Å². The molecule has 0 saturated carbocycles. The Kier molecular flexibility index (Phi) is 4.17. The van der Waals surface area contributed by atoms with Crippen LogP contribution in [-0.2, 0) is 17.9 Å². The van der Waals surface area contributed by atoms with Crippen molar-refractivity contribution in [1.82, 2.24) is 9.78 Å². The zero-order valence-electron chi connectivity index (χ0n) is 14.6. The first-order valence-electron chi connectivity index (χ1n) is 8.92. The summed E-state index contributed by atoms with van der Waals surface area (Å²) in [5, 5.41) is 19.7.